The maximum atomic E-state index is 4.14. The summed E-state index contributed by atoms with van der Waals surface area (Å²) in [7, 11) is 2.02. The molecule has 1 fully saturated rings. The largest absolute Gasteiger partial charge is 0.317 e. The summed E-state index contributed by atoms with van der Waals surface area (Å²) in [6.07, 6.45) is 7.08. The van der Waals surface area contributed by atoms with Gasteiger partial charge in [0.1, 0.15) is 0 Å². The van der Waals surface area contributed by atoms with Crippen molar-refractivity contribution in [3.63, 3.8) is 0 Å². The van der Waals surface area contributed by atoms with E-state index in [-0.39, 0.29) is 0 Å². The van der Waals surface area contributed by atoms with Crippen molar-refractivity contribution in [3.8, 4) is 0 Å². The third-order valence-corrected chi connectivity index (χ3v) is 2.58. The maximum Gasteiger partial charge on any atom is 0.0731 e. The molecule has 2 atom stereocenters. The summed E-state index contributed by atoms with van der Waals surface area (Å²) >= 11 is 0. The Morgan fingerprint density at radius 1 is 1.33 bits per heavy atom. The molecule has 4 nitrogen and oxygen atoms in total. The van der Waals surface area contributed by atoms with Crippen molar-refractivity contribution in [1.29, 1.82) is 0 Å². The first-order valence-corrected chi connectivity index (χ1v) is 4.43. The molecule has 2 unspecified atom stereocenters. The van der Waals surface area contributed by atoms with Crippen LogP contribution in [0.5, 0.6) is 0 Å². The summed E-state index contributed by atoms with van der Waals surface area (Å²) in [5, 5.41) is 11.6. The topological polar surface area (TPSA) is 42.7 Å². The zero-order valence-corrected chi connectivity index (χ0v) is 7.27. The van der Waals surface area contributed by atoms with Crippen molar-refractivity contribution in [3.05, 3.63) is 12.4 Å². The van der Waals surface area contributed by atoms with Crippen molar-refractivity contribution in [2.45, 2.75) is 31.3 Å². The molecule has 1 aliphatic rings. The molecule has 0 spiro atoms. The number of hydrogen-bond acceptors (Lipinski definition) is 3. The van der Waals surface area contributed by atoms with Gasteiger partial charge < -0.3 is 5.32 Å². The zero-order chi connectivity index (χ0) is 8.39. The average molecular weight is 166 g/mol. The second-order valence-corrected chi connectivity index (χ2v) is 3.30. The first-order valence-electron chi connectivity index (χ1n) is 4.43. The van der Waals surface area contributed by atoms with Crippen LogP contribution in [0.2, 0.25) is 0 Å². The van der Waals surface area contributed by atoms with Gasteiger partial charge in [-0.25, -0.2) is 0 Å². The van der Waals surface area contributed by atoms with Crippen LogP contribution in [-0.4, -0.2) is 28.1 Å². The normalized spacial score (nSPS) is 29.4. The lowest BCUT2D eigenvalue weighted by atomic mass is 10.2. The first kappa shape index (κ1) is 7.73. The summed E-state index contributed by atoms with van der Waals surface area (Å²) in [4.78, 5) is 1.83. The lowest BCUT2D eigenvalue weighted by molar-refractivity contribution is 0.403. The zero-order valence-electron chi connectivity index (χ0n) is 7.27. The van der Waals surface area contributed by atoms with Crippen molar-refractivity contribution >= 4 is 0 Å². The van der Waals surface area contributed by atoms with E-state index >= 15 is 0 Å². The van der Waals surface area contributed by atoms with E-state index in [1.54, 1.807) is 12.4 Å². The minimum Gasteiger partial charge on any atom is -0.317 e. The number of nitrogens with one attached hydrogen (secondary N) is 1. The van der Waals surface area contributed by atoms with Gasteiger partial charge in [0.25, 0.3) is 0 Å². The van der Waals surface area contributed by atoms with Crippen molar-refractivity contribution < 1.29 is 0 Å². The van der Waals surface area contributed by atoms with Crippen molar-refractivity contribution in [2.24, 2.45) is 0 Å². The van der Waals surface area contributed by atoms with Gasteiger partial charge in [0.15, 0.2) is 0 Å². The summed E-state index contributed by atoms with van der Waals surface area (Å²) < 4.78 is 0. The number of aromatic nitrogens is 3. The van der Waals surface area contributed by atoms with Crippen LogP contribution in [0, 0.1) is 0 Å². The van der Waals surface area contributed by atoms with E-state index in [0.717, 1.165) is 6.42 Å². The van der Waals surface area contributed by atoms with Crippen LogP contribution in [-0.2, 0) is 0 Å². The highest BCUT2D eigenvalue weighted by Crippen LogP contribution is 2.27. The predicted molar refractivity (Wildman–Crippen MR) is 45.8 cm³/mol. The lowest BCUT2D eigenvalue weighted by Crippen LogP contribution is -2.22. The second kappa shape index (κ2) is 3.23. The molecule has 4 heteroatoms. The average Bonchev–Trinajstić information content (AvgIpc) is 2.75. The van der Waals surface area contributed by atoms with Crippen LogP contribution in [0.1, 0.15) is 25.3 Å². The molecular weight excluding hydrogens is 152 g/mol. The summed E-state index contributed by atoms with van der Waals surface area (Å²) in [5.41, 5.74) is 0. The van der Waals surface area contributed by atoms with Gasteiger partial charge in [0.05, 0.1) is 18.4 Å². The van der Waals surface area contributed by atoms with Gasteiger partial charge in [-0.15, -0.1) is 0 Å². The summed E-state index contributed by atoms with van der Waals surface area (Å²) in [6.45, 7) is 0. The standard InChI is InChI=1S/C8H14N4/c1-9-7-2-3-8(6-7)12-10-4-5-11-12/h4-5,7-9H,2-3,6H2,1H3. The molecule has 1 saturated carbocycles. The second-order valence-electron chi connectivity index (χ2n) is 3.30. The van der Waals surface area contributed by atoms with Crippen molar-refractivity contribution in [1.82, 2.24) is 20.3 Å². The quantitative estimate of drug-likeness (QED) is 0.699. The Bertz CT molecular complexity index is 231. The molecule has 1 aliphatic carbocycles. The molecule has 0 radical (unpaired) electrons. The van der Waals surface area contributed by atoms with Gasteiger partial charge in [-0.2, -0.15) is 15.0 Å². The number of nitrogens with zero attached hydrogens (tertiary/aromatic N) is 3. The molecule has 66 valence electrons. The molecule has 0 bridgehead atoms. The van der Waals surface area contributed by atoms with E-state index in [2.05, 4.69) is 15.5 Å². The van der Waals surface area contributed by atoms with E-state index in [0.29, 0.717) is 12.1 Å². The van der Waals surface area contributed by atoms with Gasteiger partial charge in [-0.1, -0.05) is 0 Å². The minimum atomic E-state index is 0.512. The fourth-order valence-corrected chi connectivity index (χ4v) is 1.84. The Morgan fingerprint density at radius 2 is 2.08 bits per heavy atom. The molecule has 0 saturated heterocycles. The Kier molecular flexibility index (Phi) is 2.08. The molecule has 2 rings (SSSR count). The van der Waals surface area contributed by atoms with E-state index in [1.165, 1.54) is 12.8 Å². The van der Waals surface area contributed by atoms with Crippen LogP contribution >= 0.6 is 0 Å². The van der Waals surface area contributed by atoms with Gasteiger partial charge in [0.2, 0.25) is 0 Å². The molecule has 1 N–H and O–H groups in total. The molecular formula is C8H14N4. The maximum absolute atomic E-state index is 4.14. The lowest BCUT2D eigenvalue weighted by Gasteiger charge is -2.09. The van der Waals surface area contributed by atoms with E-state index in [4.69, 9.17) is 0 Å². The molecule has 1 heterocycles. The van der Waals surface area contributed by atoms with E-state index in [9.17, 15) is 0 Å². The fourth-order valence-electron chi connectivity index (χ4n) is 1.84. The Morgan fingerprint density at radius 3 is 2.67 bits per heavy atom. The van der Waals surface area contributed by atoms with Gasteiger partial charge in [0, 0.05) is 6.04 Å². The van der Waals surface area contributed by atoms with Gasteiger partial charge in [-0.3, -0.25) is 0 Å². The molecule has 0 aromatic carbocycles. The smallest absolute Gasteiger partial charge is 0.0731 e. The van der Waals surface area contributed by atoms with Crippen molar-refractivity contribution in [2.75, 3.05) is 7.05 Å². The van der Waals surface area contributed by atoms with Crippen LogP contribution in [0.25, 0.3) is 0 Å². The predicted octanol–water partition coefficient (Wildman–Crippen LogP) is 0.591. The Hall–Kier alpha value is -0.900. The number of rotatable bonds is 2. The third kappa shape index (κ3) is 1.34. The third-order valence-electron chi connectivity index (χ3n) is 2.58. The SMILES string of the molecule is CNC1CCC(n2nccn2)C1. The molecule has 12 heavy (non-hydrogen) atoms. The van der Waals surface area contributed by atoms with Crippen LogP contribution in [0.4, 0.5) is 0 Å². The highest BCUT2D eigenvalue weighted by molar-refractivity contribution is 4.81. The highest BCUT2D eigenvalue weighted by Gasteiger charge is 2.25. The van der Waals surface area contributed by atoms with Crippen LogP contribution in [0.15, 0.2) is 12.4 Å². The first-order chi connectivity index (χ1) is 5.90. The molecule has 1 aromatic heterocycles. The Balaban J connectivity index is 2.00. The fraction of sp³-hybridized carbons (Fsp3) is 0.750. The Labute approximate surface area is 72.0 Å². The van der Waals surface area contributed by atoms with Crippen LogP contribution < -0.4 is 5.32 Å². The van der Waals surface area contributed by atoms with Gasteiger partial charge in [-0.05, 0) is 26.3 Å². The molecule has 0 aliphatic heterocycles. The number of hydrogen-bond donors (Lipinski definition) is 1. The van der Waals surface area contributed by atoms with E-state index in [1.807, 2.05) is 11.8 Å². The molecule has 1 aromatic rings. The summed E-state index contributed by atoms with van der Waals surface area (Å²) in [5.74, 6) is 0. The highest BCUT2D eigenvalue weighted by atomic mass is 15.5. The van der Waals surface area contributed by atoms with Crippen LogP contribution in [0.3, 0.4) is 0 Å². The monoisotopic (exact) mass is 166 g/mol. The summed E-state index contributed by atoms with van der Waals surface area (Å²) in [6, 6.07) is 1.17. The molecule has 0 amide bonds. The van der Waals surface area contributed by atoms with Gasteiger partial charge >= 0.3 is 0 Å². The minimum absolute atomic E-state index is 0.512. The van der Waals surface area contributed by atoms with E-state index < -0.39 is 0 Å².